The van der Waals surface area contributed by atoms with Crippen molar-refractivity contribution in [2.75, 3.05) is 24.7 Å². The van der Waals surface area contributed by atoms with Crippen LogP contribution in [0.1, 0.15) is 29.6 Å². The summed E-state index contributed by atoms with van der Waals surface area (Å²) in [5.41, 5.74) is -6.15. The molecule has 2 aromatic rings. The van der Waals surface area contributed by atoms with Gasteiger partial charge in [0.05, 0.1) is 18.8 Å². The van der Waals surface area contributed by atoms with Crippen molar-refractivity contribution in [1.29, 1.82) is 0 Å². The largest absolute Gasteiger partial charge is 0.446 e. The molecule has 13 heteroatoms. The minimum Gasteiger partial charge on any atom is -0.353 e. The van der Waals surface area contributed by atoms with Gasteiger partial charge in [0.2, 0.25) is 0 Å². The van der Waals surface area contributed by atoms with E-state index in [1.54, 1.807) is 5.32 Å². The molecule has 35 heavy (non-hydrogen) atoms. The Hall–Kier alpha value is -2.77. The molecule has 0 aliphatic carbocycles. The van der Waals surface area contributed by atoms with Crippen molar-refractivity contribution in [1.82, 2.24) is 5.32 Å². The first-order chi connectivity index (χ1) is 16.5. The molecule has 1 atom stereocenters. The Labute approximate surface area is 200 Å². The molecular weight excluding hydrogens is 502 g/mol. The van der Waals surface area contributed by atoms with Crippen molar-refractivity contribution in [3.63, 3.8) is 0 Å². The molecule has 0 saturated carbocycles. The Kier molecular flexibility index (Phi) is 9.03. The summed E-state index contributed by atoms with van der Waals surface area (Å²) in [6, 6.07) is 3.84. The second-order valence-electron chi connectivity index (χ2n) is 7.34. The van der Waals surface area contributed by atoms with Gasteiger partial charge in [-0.05, 0) is 61.4 Å². The first-order valence-electron chi connectivity index (χ1n) is 10.4. The molecule has 3 rings (SSSR count). The Bertz CT molecular complexity index is 1040. The summed E-state index contributed by atoms with van der Waals surface area (Å²) < 4.78 is 91.3. The standard InChI is InChI=1S/C22H20F6N2O4S/c23-14-4-3-5-15(24)19(14)20(31)29-21(32)30(9-11-34-18-6-1-2-10-33-18)17-8-7-13(12-16(17)25)35-22(26,27)28/h3-5,7-8,12,18H,1-2,6,9-11H2,(H,29,31,32). The maximum Gasteiger partial charge on any atom is 0.446 e. The zero-order valence-corrected chi connectivity index (χ0v) is 18.9. The molecule has 3 amide bonds. The third-order valence-corrected chi connectivity index (χ3v) is 5.58. The van der Waals surface area contributed by atoms with Gasteiger partial charge in [0.15, 0.2) is 6.29 Å². The number of amides is 3. The molecule has 0 radical (unpaired) electrons. The number of hydrogen-bond donors (Lipinski definition) is 1. The number of halogens is 6. The highest BCUT2D eigenvalue weighted by Gasteiger charge is 2.30. The second kappa shape index (κ2) is 11.8. The van der Waals surface area contributed by atoms with E-state index in [-0.39, 0.29) is 13.2 Å². The van der Waals surface area contributed by atoms with Crippen LogP contribution in [0.4, 0.5) is 36.8 Å². The van der Waals surface area contributed by atoms with Gasteiger partial charge < -0.3 is 9.47 Å². The molecule has 1 aliphatic rings. The maximum absolute atomic E-state index is 14.7. The van der Waals surface area contributed by atoms with Crippen molar-refractivity contribution in [3.8, 4) is 0 Å². The van der Waals surface area contributed by atoms with Crippen LogP contribution in [0.2, 0.25) is 0 Å². The van der Waals surface area contributed by atoms with Crippen LogP contribution in [-0.2, 0) is 9.47 Å². The van der Waals surface area contributed by atoms with Crippen LogP contribution in [0, 0.1) is 17.5 Å². The van der Waals surface area contributed by atoms with Crippen LogP contribution < -0.4 is 10.2 Å². The zero-order valence-electron chi connectivity index (χ0n) is 18.0. The van der Waals surface area contributed by atoms with Gasteiger partial charge in [-0.3, -0.25) is 15.0 Å². The van der Waals surface area contributed by atoms with Gasteiger partial charge in [0.1, 0.15) is 23.0 Å². The molecule has 190 valence electrons. The number of anilines is 1. The Morgan fingerprint density at radius 2 is 1.80 bits per heavy atom. The van der Waals surface area contributed by atoms with Gasteiger partial charge >= 0.3 is 11.5 Å². The number of imide groups is 1. The highest BCUT2D eigenvalue weighted by molar-refractivity contribution is 8.00. The number of urea groups is 1. The number of nitrogens with zero attached hydrogens (tertiary/aromatic N) is 1. The number of hydrogen-bond acceptors (Lipinski definition) is 5. The summed E-state index contributed by atoms with van der Waals surface area (Å²) in [6.45, 7) is -0.0508. The number of nitrogens with one attached hydrogen (secondary N) is 1. The molecule has 2 aromatic carbocycles. The summed E-state index contributed by atoms with van der Waals surface area (Å²) in [5.74, 6) is -5.05. The van der Waals surface area contributed by atoms with Crippen LogP contribution in [-0.4, -0.2) is 43.5 Å². The quantitative estimate of drug-likeness (QED) is 0.378. The van der Waals surface area contributed by atoms with Crippen LogP contribution in [0.25, 0.3) is 0 Å². The van der Waals surface area contributed by atoms with Gasteiger partial charge in [-0.1, -0.05) is 6.07 Å². The van der Waals surface area contributed by atoms with E-state index in [2.05, 4.69) is 0 Å². The fraction of sp³-hybridized carbons (Fsp3) is 0.364. The van der Waals surface area contributed by atoms with E-state index in [1.807, 2.05) is 0 Å². The molecule has 1 fully saturated rings. The van der Waals surface area contributed by atoms with E-state index in [9.17, 15) is 35.9 Å². The predicted octanol–water partition coefficient (Wildman–Crippen LogP) is 5.62. The van der Waals surface area contributed by atoms with Crippen LogP contribution >= 0.6 is 11.8 Å². The van der Waals surface area contributed by atoms with Gasteiger partial charge in [0.25, 0.3) is 5.91 Å². The maximum atomic E-state index is 14.7. The van der Waals surface area contributed by atoms with Crippen LogP contribution in [0.15, 0.2) is 41.3 Å². The second-order valence-corrected chi connectivity index (χ2v) is 8.47. The minimum absolute atomic E-state index is 0.182. The number of rotatable bonds is 7. The first kappa shape index (κ1) is 26.8. The lowest BCUT2D eigenvalue weighted by atomic mass is 10.2. The lowest BCUT2D eigenvalue weighted by molar-refractivity contribution is -0.160. The van der Waals surface area contributed by atoms with Gasteiger partial charge in [0, 0.05) is 11.5 Å². The van der Waals surface area contributed by atoms with Gasteiger partial charge in [-0.2, -0.15) is 13.2 Å². The van der Waals surface area contributed by atoms with E-state index in [0.717, 1.165) is 43.2 Å². The van der Waals surface area contributed by atoms with E-state index in [0.29, 0.717) is 24.0 Å². The Morgan fingerprint density at radius 1 is 1.09 bits per heavy atom. The highest BCUT2D eigenvalue weighted by atomic mass is 32.2. The molecule has 1 heterocycles. The molecule has 0 bridgehead atoms. The summed E-state index contributed by atoms with van der Waals surface area (Å²) in [4.78, 5) is 25.4. The smallest absolute Gasteiger partial charge is 0.353 e. The third kappa shape index (κ3) is 7.61. The van der Waals surface area contributed by atoms with Crippen molar-refractivity contribution in [2.24, 2.45) is 0 Å². The summed E-state index contributed by atoms with van der Waals surface area (Å²) in [6.07, 6.45) is 1.74. The van der Waals surface area contributed by atoms with E-state index < -0.39 is 69.1 Å². The number of benzene rings is 2. The van der Waals surface area contributed by atoms with E-state index in [1.165, 1.54) is 0 Å². The Balaban J connectivity index is 1.80. The topological polar surface area (TPSA) is 67.9 Å². The fourth-order valence-electron chi connectivity index (χ4n) is 3.29. The molecule has 6 nitrogen and oxygen atoms in total. The summed E-state index contributed by atoms with van der Waals surface area (Å²) in [7, 11) is 0. The monoisotopic (exact) mass is 522 g/mol. The third-order valence-electron chi connectivity index (χ3n) is 4.86. The zero-order chi connectivity index (χ0) is 25.6. The predicted molar refractivity (Wildman–Crippen MR) is 114 cm³/mol. The van der Waals surface area contributed by atoms with Crippen molar-refractivity contribution < 1.29 is 45.4 Å². The van der Waals surface area contributed by atoms with E-state index >= 15 is 0 Å². The van der Waals surface area contributed by atoms with Crippen molar-refractivity contribution in [3.05, 3.63) is 59.4 Å². The molecule has 1 saturated heterocycles. The lowest BCUT2D eigenvalue weighted by Gasteiger charge is -2.26. The average Bonchev–Trinajstić information content (AvgIpc) is 2.77. The number of alkyl halides is 3. The van der Waals surface area contributed by atoms with Crippen molar-refractivity contribution in [2.45, 2.75) is 36.0 Å². The highest BCUT2D eigenvalue weighted by Crippen LogP contribution is 2.38. The normalized spacial score (nSPS) is 16.1. The molecule has 0 aromatic heterocycles. The molecule has 1 N–H and O–H groups in total. The van der Waals surface area contributed by atoms with Crippen molar-refractivity contribution >= 4 is 29.4 Å². The molecule has 0 spiro atoms. The van der Waals surface area contributed by atoms with Crippen LogP contribution in [0.3, 0.4) is 0 Å². The SMILES string of the molecule is O=C(NC(=O)N(CCOC1CCCCO1)c1ccc(SC(F)(F)F)cc1F)c1c(F)cccc1F. The van der Waals surface area contributed by atoms with E-state index in [4.69, 9.17) is 9.47 Å². The lowest BCUT2D eigenvalue weighted by Crippen LogP contribution is -2.45. The number of carbonyl (C=O) groups is 2. The van der Waals surface area contributed by atoms with Crippen LogP contribution in [0.5, 0.6) is 0 Å². The first-order valence-corrected chi connectivity index (χ1v) is 11.2. The number of thioether (sulfide) groups is 1. The molecule has 1 unspecified atom stereocenters. The average molecular weight is 522 g/mol. The summed E-state index contributed by atoms with van der Waals surface area (Å²) in [5, 5.41) is 1.77. The minimum atomic E-state index is -4.66. The number of carbonyl (C=O) groups excluding carboxylic acids is 2. The molecule has 1 aliphatic heterocycles. The summed E-state index contributed by atoms with van der Waals surface area (Å²) >= 11 is -0.546. The number of ether oxygens (including phenoxy) is 2. The van der Waals surface area contributed by atoms with Gasteiger partial charge in [-0.15, -0.1) is 0 Å². The van der Waals surface area contributed by atoms with Gasteiger partial charge in [-0.25, -0.2) is 18.0 Å². The Morgan fingerprint density at radius 3 is 2.40 bits per heavy atom. The molecular formula is C22H20F6N2O4S. The fourth-order valence-corrected chi connectivity index (χ4v) is 3.86.